The van der Waals surface area contributed by atoms with E-state index in [0.29, 0.717) is 6.42 Å². The number of hydrogen-bond acceptors (Lipinski definition) is 7. The number of amides is 3. The number of nitrogens with two attached hydrogens (primary N) is 1. The molecule has 0 bridgehead atoms. The highest BCUT2D eigenvalue weighted by atomic mass is 32.1. The van der Waals surface area contributed by atoms with Crippen molar-refractivity contribution in [3.05, 3.63) is 0 Å². The number of carboxylic acid groups (broad SMARTS) is 1. The number of nitrogens with one attached hydrogen (secondary N) is 3. The molecule has 5 atom stereocenters. The summed E-state index contributed by atoms with van der Waals surface area (Å²) >= 11 is 3.97. The van der Waals surface area contributed by atoms with E-state index in [1.54, 1.807) is 0 Å². The molecule has 0 spiro atoms. The topological polar surface area (TPSA) is 171 Å². The molecule has 27 heavy (non-hydrogen) atoms. The summed E-state index contributed by atoms with van der Waals surface area (Å²) in [6.07, 6.45) is -0.851. The van der Waals surface area contributed by atoms with E-state index in [2.05, 4.69) is 28.6 Å². The Morgan fingerprint density at radius 2 is 1.52 bits per heavy atom. The second-order valence-electron chi connectivity index (χ2n) is 6.78. The molecule has 3 amide bonds. The van der Waals surface area contributed by atoms with E-state index in [0.717, 1.165) is 0 Å². The lowest BCUT2D eigenvalue weighted by Gasteiger charge is -2.25. The second kappa shape index (κ2) is 11.8. The molecule has 0 aliphatic rings. The van der Waals surface area contributed by atoms with Gasteiger partial charge in [-0.15, -0.1) is 0 Å². The van der Waals surface area contributed by atoms with Gasteiger partial charge in [0.15, 0.2) is 0 Å². The molecule has 0 saturated heterocycles. The SMILES string of the molecule is CC(C)CC(N)C(=O)NC(C(=O)NC(CS)C(=O)NC(C)C(=O)O)C(C)O. The molecule has 10 nitrogen and oxygen atoms in total. The van der Waals surface area contributed by atoms with Crippen molar-refractivity contribution in [2.75, 3.05) is 5.75 Å². The third kappa shape index (κ3) is 9.07. The van der Waals surface area contributed by atoms with Gasteiger partial charge in [-0.05, 0) is 26.2 Å². The molecule has 0 aliphatic carbocycles. The Kier molecular flexibility index (Phi) is 11.0. The van der Waals surface area contributed by atoms with Crippen molar-refractivity contribution in [3.63, 3.8) is 0 Å². The molecular weight excluding hydrogens is 376 g/mol. The first-order valence-corrected chi connectivity index (χ1v) is 9.22. The lowest BCUT2D eigenvalue weighted by Crippen LogP contribution is -2.60. The minimum atomic E-state index is -1.33. The third-order valence-electron chi connectivity index (χ3n) is 3.67. The molecule has 0 aromatic rings. The van der Waals surface area contributed by atoms with Crippen LogP contribution < -0.4 is 21.7 Å². The lowest BCUT2D eigenvalue weighted by molar-refractivity contribution is -0.141. The van der Waals surface area contributed by atoms with Crippen LogP contribution in [0.4, 0.5) is 0 Å². The minimum absolute atomic E-state index is 0.114. The Balaban J connectivity index is 5.01. The van der Waals surface area contributed by atoms with Crippen molar-refractivity contribution in [2.45, 2.75) is 64.4 Å². The summed E-state index contributed by atoms with van der Waals surface area (Å²) in [4.78, 5) is 47.4. The first-order valence-electron chi connectivity index (χ1n) is 8.59. The van der Waals surface area contributed by atoms with Crippen LogP contribution in [0.25, 0.3) is 0 Å². The number of aliphatic hydroxyl groups is 1. The number of aliphatic carboxylic acids is 1. The molecule has 0 aromatic heterocycles. The summed E-state index contributed by atoms with van der Waals surface area (Å²) in [6, 6.07) is -4.48. The molecule has 5 unspecified atom stereocenters. The number of rotatable bonds is 11. The molecule has 0 saturated carbocycles. The van der Waals surface area contributed by atoms with E-state index in [1.165, 1.54) is 13.8 Å². The smallest absolute Gasteiger partial charge is 0.325 e. The van der Waals surface area contributed by atoms with Gasteiger partial charge in [0.25, 0.3) is 0 Å². The average molecular weight is 407 g/mol. The zero-order chi connectivity index (χ0) is 21.3. The van der Waals surface area contributed by atoms with Crippen molar-refractivity contribution < 1.29 is 29.4 Å². The molecule has 0 radical (unpaired) electrons. The van der Waals surface area contributed by atoms with Crippen LogP contribution in [0, 0.1) is 5.92 Å². The zero-order valence-electron chi connectivity index (χ0n) is 15.9. The van der Waals surface area contributed by atoms with E-state index in [-0.39, 0.29) is 11.7 Å². The molecule has 11 heteroatoms. The number of carboxylic acids is 1. The van der Waals surface area contributed by atoms with Crippen molar-refractivity contribution in [1.82, 2.24) is 16.0 Å². The van der Waals surface area contributed by atoms with E-state index < -0.39 is 54.0 Å². The first kappa shape index (κ1) is 25.1. The van der Waals surface area contributed by atoms with E-state index in [1.807, 2.05) is 13.8 Å². The second-order valence-corrected chi connectivity index (χ2v) is 7.14. The molecule has 0 aliphatic heterocycles. The van der Waals surface area contributed by atoms with Crippen molar-refractivity contribution in [1.29, 1.82) is 0 Å². The fraction of sp³-hybridized carbons (Fsp3) is 0.750. The van der Waals surface area contributed by atoms with Gasteiger partial charge in [-0.3, -0.25) is 19.2 Å². The standard InChI is InChI=1S/C16H30N4O6S/c1-7(2)5-10(17)13(22)20-12(9(4)21)15(24)19-11(6-27)14(23)18-8(3)16(25)26/h7-12,21,27H,5-6,17H2,1-4H3,(H,18,23)(H,19,24)(H,20,22)(H,25,26). The molecule has 156 valence electrons. The maximum Gasteiger partial charge on any atom is 0.325 e. The number of carbonyl (C=O) groups is 4. The fourth-order valence-electron chi connectivity index (χ4n) is 2.11. The molecule has 0 aromatic carbocycles. The van der Waals surface area contributed by atoms with Crippen molar-refractivity contribution in [2.24, 2.45) is 11.7 Å². The van der Waals surface area contributed by atoms with Crippen molar-refractivity contribution >= 4 is 36.3 Å². The van der Waals surface area contributed by atoms with Crippen LogP contribution in [-0.4, -0.2) is 69.9 Å². The monoisotopic (exact) mass is 406 g/mol. The Bertz CT molecular complexity index is 543. The Morgan fingerprint density at radius 1 is 0.963 bits per heavy atom. The fourth-order valence-corrected chi connectivity index (χ4v) is 2.37. The predicted molar refractivity (Wildman–Crippen MR) is 102 cm³/mol. The predicted octanol–water partition coefficient (Wildman–Crippen LogP) is -1.77. The van der Waals surface area contributed by atoms with Crippen LogP contribution in [-0.2, 0) is 19.2 Å². The van der Waals surface area contributed by atoms with Gasteiger partial charge in [0, 0.05) is 5.75 Å². The Morgan fingerprint density at radius 3 is 1.93 bits per heavy atom. The summed E-state index contributed by atoms with van der Waals surface area (Å²) in [6.45, 7) is 6.35. The van der Waals surface area contributed by atoms with Gasteiger partial charge in [-0.1, -0.05) is 13.8 Å². The van der Waals surface area contributed by atoms with Gasteiger partial charge in [0.05, 0.1) is 12.1 Å². The largest absolute Gasteiger partial charge is 0.480 e. The number of thiol groups is 1. The Hall–Kier alpha value is -1.85. The summed E-state index contributed by atoms with van der Waals surface area (Å²) in [7, 11) is 0. The minimum Gasteiger partial charge on any atom is -0.480 e. The normalized spacial score (nSPS) is 16.6. The lowest BCUT2D eigenvalue weighted by atomic mass is 10.0. The summed E-state index contributed by atoms with van der Waals surface area (Å²) in [5.74, 6) is -3.35. The third-order valence-corrected chi connectivity index (χ3v) is 4.03. The number of hydrogen-bond donors (Lipinski definition) is 7. The highest BCUT2D eigenvalue weighted by Crippen LogP contribution is 2.04. The quantitative estimate of drug-likeness (QED) is 0.199. The van der Waals surface area contributed by atoms with Gasteiger partial charge in [0.2, 0.25) is 17.7 Å². The number of carbonyl (C=O) groups excluding carboxylic acids is 3. The van der Waals surface area contributed by atoms with Crippen molar-refractivity contribution in [3.8, 4) is 0 Å². The number of aliphatic hydroxyl groups excluding tert-OH is 1. The molecule has 0 rings (SSSR count). The average Bonchev–Trinajstić information content (AvgIpc) is 2.55. The van der Waals surface area contributed by atoms with Crippen LogP contribution >= 0.6 is 12.6 Å². The van der Waals surface area contributed by atoms with E-state index in [9.17, 15) is 24.3 Å². The van der Waals surface area contributed by atoms with Gasteiger partial charge < -0.3 is 31.9 Å². The van der Waals surface area contributed by atoms with Crippen LogP contribution in [0.2, 0.25) is 0 Å². The molecular formula is C16H30N4O6S. The summed E-state index contributed by atoms with van der Waals surface area (Å²) in [5.41, 5.74) is 5.77. The molecule has 0 fully saturated rings. The van der Waals surface area contributed by atoms with E-state index >= 15 is 0 Å². The van der Waals surface area contributed by atoms with Gasteiger partial charge in [-0.25, -0.2) is 0 Å². The first-order chi connectivity index (χ1) is 12.4. The summed E-state index contributed by atoms with van der Waals surface area (Å²) in [5, 5.41) is 25.6. The van der Waals surface area contributed by atoms with Crippen LogP contribution in [0.5, 0.6) is 0 Å². The van der Waals surface area contributed by atoms with Gasteiger partial charge in [0.1, 0.15) is 18.1 Å². The van der Waals surface area contributed by atoms with Crippen LogP contribution in [0.15, 0.2) is 0 Å². The maximum absolute atomic E-state index is 12.4. The molecule has 0 heterocycles. The maximum atomic E-state index is 12.4. The zero-order valence-corrected chi connectivity index (χ0v) is 16.8. The van der Waals surface area contributed by atoms with Crippen LogP contribution in [0.3, 0.4) is 0 Å². The molecule has 7 N–H and O–H groups in total. The highest BCUT2D eigenvalue weighted by Gasteiger charge is 2.31. The summed E-state index contributed by atoms with van der Waals surface area (Å²) < 4.78 is 0. The van der Waals surface area contributed by atoms with Gasteiger partial charge in [-0.2, -0.15) is 12.6 Å². The van der Waals surface area contributed by atoms with Gasteiger partial charge >= 0.3 is 5.97 Å². The van der Waals surface area contributed by atoms with E-state index in [4.69, 9.17) is 10.8 Å². The Labute approximate surface area is 164 Å². The van der Waals surface area contributed by atoms with Crippen LogP contribution in [0.1, 0.15) is 34.1 Å². The highest BCUT2D eigenvalue weighted by molar-refractivity contribution is 7.80.